The second-order valence-corrected chi connectivity index (χ2v) is 8.66. The summed E-state index contributed by atoms with van der Waals surface area (Å²) in [4.78, 5) is 22.7. The second-order valence-electron chi connectivity index (χ2n) is 7.70. The van der Waals surface area contributed by atoms with Crippen LogP contribution in [0.2, 0.25) is 0 Å². The molecule has 2 atom stereocenters. The van der Waals surface area contributed by atoms with Gasteiger partial charge in [0, 0.05) is 24.4 Å². The largest absolute Gasteiger partial charge is 0.338 e. The Morgan fingerprint density at radius 1 is 1.11 bits per heavy atom. The van der Waals surface area contributed by atoms with E-state index < -0.39 is 0 Å². The summed E-state index contributed by atoms with van der Waals surface area (Å²) in [6, 6.07) is 16.1. The number of amides is 1. The van der Waals surface area contributed by atoms with Crippen molar-refractivity contribution in [3.63, 3.8) is 0 Å². The fourth-order valence-corrected chi connectivity index (χ4v) is 4.75. The quantitative estimate of drug-likeness (QED) is 0.651. The minimum atomic E-state index is 0.157. The maximum Gasteiger partial charge on any atom is 0.253 e. The zero-order valence-electron chi connectivity index (χ0n) is 15.8. The monoisotopic (exact) mass is 379 g/mol. The number of aromatic amines is 1. The number of nitrogens with zero attached hydrogens (tertiary/aromatic N) is 2. The molecule has 1 amide bonds. The van der Waals surface area contributed by atoms with Crippen molar-refractivity contribution in [3.8, 4) is 0 Å². The molecule has 3 aromatic rings. The molecule has 0 saturated carbocycles. The Kier molecular flexibility index (Phi) is 5.21. The van der Waals surface area contributed by atoms with E-state index in [9.17, 15) is 4.79 Å². The predicted octanol–water partition coefficient (Wildman–Crippen LogP) is 4.97. The molecule has 27 heavy (non-hydrogen) atoms. The number of likely N-dealkylation sites (tertiary alicyclic amines) is 1. The fraction of sp³-hybridized carbons (Fsp3) is 0.364. The minimum Gasteiger partial charge on any atom is -0.338 e. The van der Waals surface area contributed by atoms with Crippen molar-refractivity contribution in [3.05, 3.63) is 59.7 Å². The molecule has 0 radical (unpaired) electrons. The number of piperidine rings is 1. The number of rotatable bonds is 4. The summed E-state index contributed by atoms with van der Waals surface area (Å²) in [5.41, 5.74) is 4.03. The van der Waals surface area contributed by atoms with Gasteiger partial charge in [0.25, 0.3) is 5.91 Å². The lowest BCUT2D eigenvalue weighted by Gasteiger charge is -2.35. The number of hydrogen-bond donors (Lipinski definition) is 1. The van der Waals surface area contributed by atoms with Gasteiger partial charge in [0.05, 0.1) is 11.0 Å². The number of benzene rings is 2. The molecule has 0 bridgehead atoms. The van der Waals surface area contributed by atoms with Crippen molar-refractivity contribution in [2.75, 3.05) is 13.1 Å². The molecule has 0 aliphatic carbocycles. The zero-order chi connectivity index (χ0) is 18.8. The third-order valence-corrected chi connectivity index (χ3v) is 6.04. The number of carbonyl (C=O) groups excluding carboxylic acids is 1. The molecule has 1 fully saturated rings. The van der Waals surface area contributed by atoms with Crippen molar-refractivity contribution in [1.82, 2.24) is 14.9 Å². The third-order valence-electron chi connectivity index (χ3n) is 5.10. The first-order valence-electron chi connectivity index (χ1n) is 9.54. The lowest BCUT2D eigenvalue weighted by molar-refractivity contribution is 0.0623. The maximum atomic E-state index is 12.8. The van der Waals surface area contributed by atoms with Gasteiger partial charge in [-0.1, -0.05) is 49.9 Å². The van der Waals surface area contributed by atoms with Crippen LogP contribution in [0.15, 0.2) is 53.7 Å². The Balaban J connectivity index is 1.39. The SMILES string of the molecule is C[C@@H]1C[C@H](C)CN(C(=O)c2ccc(CSc3nc4ccccc4[nH]3)cc2)C1. The molecule has 0 spiro atoms. The molecule has 2 aromatic carbocycles. The van der Waals surface area contributed by atoms with Crippen LogP contribution in [0.25, 0.3) is 11.0 Å². The minimum absolute atomic E-state index is 0.157. The van der Waals surface area contributed by atoms with Gasteiger partial charge >= 0.3 is 0 Å². The van der Waals surface area contributed by atoms with E-state index in [-0.39, 0.29) is 5.91 Å². The zero-order valence-corrected chi connectivity index (χ0v) is 16.6. The first-order valence-corrected chi connectivity index (χ1v) is 10.5. The number of H-pyrrole nitrogens is 1. The van der Waals surface area contributed by atoms with Crippen LogP contribution in [0.1, 0.15) is 36.2 Å². The number of nitrogens with one attached hydrogen (secondary N) is 1. The molecule has 2 heterocycles. The molecule has 1 aromatic heterocycles. The highest BCUT2D eigenvalue weighted by molar-refractivity contribution is 7.98. The third kappa shape index (κ3) is 4.19. The molecule has 140 valence electrons. The lowest BCUT2D eigenvalue weighted by atomic mass is 9.91. The number of thioether (sulfide) groups is 1. The van der Waals surface area contributed by atoms with Crippen LogP contribution in [0, 0.1) is 11.8 Å². The Morgan fingerprint density at radius 3 is 2.52 bits per heavy atom. The standard InChI is InChI=1S/C22H25N3OS/c1-15-11-16(2)13-25(12-15)21(26)18-9-7-17(8-10-18)14-27-22-23-19-5-3-4-6-20(19)24-22/h3-10,15-16H,11-14H2,1-2H3,(H,23,24)/t15-,16+. The van der Waals surface area contributed by atoms with Crippen molar-refractivity contribution >= 4 is 28.7 Å². The van der Waals surface area contributed by atoms with Gasteiger partial charge in [-0.25, -0.2) is 4.98 Å². The van der Waals surface area contributed by atoms with Gasteiger partial charge < -0.3 is 9.88 Å². The van der Waals surface area contributed by atoms with E-state index in [1.165, 1.54) is 12.0 Å². The van der Waals surface area contributed by atoms with E-state index in [1.807, 2.05) is 41.3 Å². The van der Waals surface area contributed by atoms with Crippen LogP contribution in [0.3, 0.4) is 0 Å². The maximum absolute atomic E-state index is 12.8. The van der Waals surface area contributed by atoms with Crippen molar-refractivity contribution in [1.29, 1.82) is 0 Å². The van der Waals surface area contributed by atoms with E-state index in [4.69, 9.17) is 0 Å². The molecular weight excluding hydrogens is 354 g/mol. The molecule has 1 aliphatic rings. The van der Waals surface area contributed by atoms with E-state index >= 15 is 0 Å². The van der Waals surface area contributed by atoms with E-state index in [1.54, 1.807) is 11.8 Å². The summed E-state index contributed by atoms with van der Waals surface area (Å²) in [5.74, 6) is 2.14. The molecule has 0 unspecified atom stereocenters. The summed E-state index contributed by atoms with van der Waals surface area (Å²) < 4.78 is 0. The predicted molar refractivity (Wildman–Crippen MR) is 111 cm³/mol. The first-order chi connectivity index (χ1) is 13.1. The summed E-state index contributed by atoms with van der Waals surface area (Å²) in [6.07, 6.45) is 1.21. The lowest BCUT2D eigenvalue weighted by Crippen LogP contribution is -2.42. The van der Waals surface area contributed by atoms with Gasteiger partial charge in [-0.15, -0.1) is 0 Å². The Bertz CT molecular complexity index is 891. The highest BCUT2D eigenvalue weighted by Crippen LogP contribution is 2.25. The van der Waals surface area contributed by atoms with Crippen LogP contribution >= 0.6 is 11.8 Å². The van der Waals surface area contributed by atoms with Gasteiger partial charge in [0.1, 0.15) is 0 Å². The Labute approximate surface area is 164 Å². The van der Waals surface area contributed by atoms with Gasteiger partial charge in [-0.05, 0) is 48.1 Å². The van der Waals surface area contributed by atoms with Crippen LogP contribution in [0.4, 0.5) is 0 Å². The summed E-state index contributed by atoms with van der Waals surface area (Å²) in [6.45, 7) is 6.20. The molecule has 1 N–H and O–H groups in total. The number of fused-ring (bicyclic) bond motifs is 1. The summed E-state index contributed by atoms with van der Waals surface area (Å²) >= 11 is 1.68. The average Bonchev–Trinajstić information content (AvgIpc) is 3.08. The fourth-order valence-electron chi connectivity index (χ4n) is 3.90. The number of hydrogen-bond acceptors (Lipinski definition) is 3. The van der Waals surface area contributed by atoms with Crippen molar-refractivity contribution < 1.29 is 4.79 Å². The molecule has 4 nitrogen and oxygen atoms in total. The van der Waals surface area contributed by atoms with Crippen molar-refractivity contribution in [2.45, 2.75) is 31.2 Å². The van der Waals surface area contributed by atoms with Gasteiger partial charge in [0.2, 0.25) is 0 Å². The first kappa shape index (κ1) is 18.1. The normalized spacial score (nSPS) is 20.1. The molecule has 4 rings (SSSR count). The highest BCUT2D eigenvalue weighted by atomic mass is 32.2. The summed E-state index contributed by atoms with van der Waals surface area (Å²) in [7, 11) is 0. The molecule has 1 saturated heterocycles. The van der Waals surface area contributed by atoms with E-state index in [2.05, 4.69) is 35.9 Å². The van der Waals surface area contributed by atoms with E-state index in [0.717, 1.165) is 40.6 Å². The van der Waals surface area contributed by atoms with Gasteiger partial charge in [-0.2, -0.15) is 0 Å². The molecule has 5 heteroatoms. The Morgan fingerprint density at radius 2 is 1.81 bits per heavy atom. The van der Waals surface area contributed by atoms with Crippen LogP contribution in [0.5, 0.6) is 0 Å². The van der Waals surface area contributed by atoms with Crippen LogP contribution < -0.4 is 0 Å². The number of carbonyl (C=O) groups is 1. The number of imidazole rings is 1. The summed E-state index contributed by atoms with van der Waals surface area (Å²) in [5, 5.41) is 0.924. The Hall–Kier alpha value is -2.27. The van der Waals surface area contributed by atoms with Crippen LogP contribution in [-0.4, -0.2) is 33.9 Å². The van der Waals surface area contributed by atoms with Crippen molar-refractivity contribution in [2.24, 2.45) is 11.8 Å². The van der Waals surface area contributed by atoms with Gasteiger partial charge in [0.15, 0.2) is 5.16 Å². The van der Waals surface area contributed by atoms with Gasteiger partial charge in [-0.3, -0.25) is 4.79 Å². The topological polar surface area (TPSA) is 49.0 Å². The number of para-hydroxylation sites is 2. The highest BCUT2D eigenvalue weighted by Gasteiger charge is 2.25. The van der Waals surface area contributed by atoms with E-state index in [0.29, 0.717) is 11.8 Å². The average molecular weight is 380 g/mol. The smallest absolute Gasteiger partial charge is 0.253 e. The number of aromatic nitrogens is 2. The van der Waals surface area contributed by atoms with Crippen LogP contribution in [-0.2, 0) is 5.75 Å². The molecular formula is C22H25N3OS. The molecule has 1 aliphatic heterocycles. The second kappa shape index (κ2) is 7.77.